The molecule has 0 heterocycles. The van der Waals surface area contributed by atoms with Gasteiger partial charge in [0.2, 0.25) is 5.91 Å². The topological polar surface area (TPSA) is 55.1 Å². The van der Waals surface area contributed by atoms with Crippen LogP contribution in [0.4, 0.5) is 5.69 Å². The van der Waals surface area contributed by atoms with E-state index in [1.54, 1.807) is 0 Å². The zero-order chi connectivity index (χ0) is 15.3. The number of primary amides is 1. The normalized spacial score (nSPS) is 26.1. The van der Waals surface area contributed by atoms with Gasteiger partial charge in [-0.25, -0.2) is 0 Å². The first-order valence-electron chi connectivity index (χ1n) is 7.90. The lowest BCUT2D eigenvalue weighted by Gasteiger charge is -2.32. The van der Waals surface area contributed by atoms with Gasteiger partial charge in [-0.15, -0.1) is 0 Å². The van der Waals surface area contributed by atoms with Crippen LogP contribution in [-0.4, -0.2) is 11.4 Å². The summed E-state index contributed by atoms with van der Waals surface area (Å²) in [6.07, 6.45) is 7.47. The lowest BCUT2D eigenvalue weighted by Crippen LogP contribution is -2.50. The fourth-order valence-electron chi connectivity index (χ4n) is 3.36. The Labute approximate surface area is 135 Å². The van der Waals surface area contributed by atoms with Crippen LogP contribution in [0.2, 0.25) is 0 Å². The molecule has 1 aliphatic carbocycles. The van der Waals surface area contributed by atoms with Crippen LogP contribution >= 0.6 is 15.9 Å². The second-order valence-electron chi connectivity index (χ2n) is 6.14. The Morgan fingerprint density at radius 2 is 2.14 bits per heavy atom. The van der Waals surface area contributed by atoms with E-state index in [0.717, 1.165) is 41.8 Å². The number of amides is 1. The summed E-state index contributed by atoms with van der Waals surface area (Å²) in [7, 11) is 0. The van der Waals surface area contributed by atoms with E-state index in [4.69, 9.17) is 5.73 Å². The van der Waals surface area contributed by atoms with E-state index in [1.807, 2.05) is 24.3 Å². The van der Waals surface area contributed by atoms with Crippen molar-refractivity contribution in [1.82, 2.24) is 0 Å². The molecule has 1 fully saturated rings. The van der Waals surface area contributed by atoms with Crippen molar-refractivity contribution >= 4 is 27.5 Å². The Hall–Kier alpha value is -1.03. The molecule has 2 unspecified atom stereocenters. The van der Waals surface area contributed by atoms with E-state index >= 15 is 0 Å². The number of carbonyl (C=O) groups excluding carboxylic acids is 1. The van der Waals surface area contributed by atoms with E-state index < -0.39 is 5.54 Å². The molecule has 1 aromatic carbocycles. The molecule has 0 saturated heterocycles. The molecule has 0 spiro atoms. The van der Waals surface area contributed by atoms with Gasteiger partial charge < -0.3 is 11.1 Å². The minimum Gasteiger partial charge on any atom is -0.370 e. The van der Waals surface area contributed by atoms with Crippen LogP contribution in [0.25, 0.3) is 0 Å². The summed E-state index contributed by atoms with van der Waals surface area (Å²) in [4.78, 5) is 12.2. The largest absolute Gasteiger partial charge is 0.370 e. The van der Waals surface area contributed by atoms with Crippen LogP contribution in [0, 0.1) is 5.92 Å². The van der Waals surface area contributed by atoms with Crippen molar-refractivity contribution < 1.29 is 4.79 Å². The van der Waals surface area contributed by atoms with Crippen molar-refractivity contribution in [1.29, 1.82) is 0 Å². The van der Waals surface area contributed by atoms with Gasteiger partial charge in [0.1, 0.15) is 5.54 Å². The fraction of sp³-hybridized carbons (Fsp3) is 0.588. The van der Waals surface area contributed by atoms with Gasteiger partial charge in [-0.3, -0.25) is 4.79 Å². The van der Waals surface area contributed by atoms with Crippen molar-refractivity contribution in [2.45, 2.75) is 57.4 Å². The molecule has 3 nitrogen and oxygen atoms in total. The molecule has 1 saturated carbocycles. The smallest absolute Gasteiger partial charge is 0.243 e. The maximum atomic E-state index is 12.2. The van der Waals surface area contributed by atoms with Crippen LogP contribution in [0.3, 0.4) is 0 Å². The van der Waals surface area contributed by atoms with Gasteiger partial charge >= 0.3 is 0 Å². The number of nitrogens with one attached hydrogen (secondary N) is 1. The number of nitrogens with two attached hydrogens (primary N) is 1. The number of anilines is 1. The molecule has 0 aliphatic heterocycles. The standard InChI is InChI=1S/C17H25BrN2O/c1-2-6-13-7-5-11-17(12-10-13,16(19)21)20-15-9-4-3-8-14(15)18/h3-4,8-9,13,20H,2,5-7,10-12H2,1H3,(H2,19,21). The predicted molar refractivity (Wildman–Crippen MR) is 91.2 cm³/mol. The SMILES string of the molecule is CCCC1CCCC(Nc2ccccc2Br)(C(N)=O)CC1. The van der Waals surface area contributed by atoms with Gasteiger partial charge in [0.25, 0.3) is 0 Å². The molecule has 2 rings (SSSR count). The van der Waals surface area contributed by atoms with Gasteiger partial charge in [-0.05, 0) is 53.2 Å². The van der Waals surface area contributed by atoms with E-state index in [0.29, 0.717) is 0 Å². The highest BCUT2D eigenvalue weighted by Crippen LogP contribution is 2.36. The van der Waals surface area contributed by atoms with Crippen LogP contribution in [0.5, 0.6) is 0 Å². The molecule has 3 N–H and O–H groups in total. The predicted octanol–water partition coefficient (Wildman–Crippen LogP) is 4.47. The van der Waals surface area contributed by atoms with Crippen molar-refractivity contribution in [2.75, 3.05) is 5.32 Å². The number of rotatable bonds is 5. The van der Waals surface area contributed by atoms with E-state index in [2.05, 4.69) is 28.2 Å². The molecule has 1 aliphatic rings. The minimum absolute atomic E-state index is 0.226. The molecule has 2 atom stereocenters. The van der Waals surface area contributed by atoms with Gasteiger partial charge in [0, 0.05) is 10.2 Å². The third-order valence-electron chi connectivity index (χ3n) is 4.61. The van der Waals surface area contributed by atoms with Gasteiger partial charge in [-0.2, -0.15) is 0 Å². The number of hydrogen-bond donors (Lipinski definition) is 2. The molecule has 0 bridgehead atoms. The zero-order valence-corrected chi connectivity index (χ0v) is 14.3. The Bertz CT molecular complexity index is 491. The van der Waals surface area contributed by atoms with Crippen LogP contribution in [0.15, 0.2) is 28.7 Å². The number of carbonyl (C=O) groups is 1. The molecule has 21 heavy (non-hydrogen) atoms. The second kappa shape index (κ2) is 7.30. The van der Waals surface area contributed by atoms with Crippen molar-refractivity contribution in [3.05, 3.63) is 28.7 Å². The highest BCUT2D eigenvalue weighted by molar-refractivity contribution is 9.10. The first-order chi connectivity index (χ1) is 10.1. The molecular formula is C17H25BrN2O. The van der Waals surface area contributed by atoms with Gasteiger partial charge in [0.15, 0.2) is 0 Å². The van der Waals surface area contributed by atoms with Crippen LogP contribution in [0.1, 0.15) is 51.9 Å². The zero-order valence-electron chi connectivity index (χ0n) is 12.7. The summed E-state index contributed by atoms with van der Waals surface area (Å²) in [6, 6.07) is 7.91. The molecule has 1 aromatic rings. The molecule has 116 valence electrons. The Kier molecular flexibility index (Phi) is 5.68. The number of halogens is 1. The average molecular weight is 353 g/mol. The summed E-state index contributed by atoms with van der Waals surface area (Å²) >= 11 is 3.54. The second-order valence-corrected chi connectivity index (χ2v) is 6.99. The summed E-state index contributed by atoms with van der Waals surface area (Å²) in [5.41, 5.74) is 6.12. The number of hydrogen-bond acceptors (Lipinski definition) is 2. The lowest BCUT2D eigenvalue weighted by atomic mass is 9.88. The molecule has 4 heteroatoms. The van der Waals surface area contributed by atoms with Gasteiger partial charge in [-0.1, -0.05) is 44.7 Å². The Morgan fingerprint density at radius 3 is 2.81 bits per heavy atom. The summed E-state index contributed by atoms with van der Waals surface area (Å²) in [6.45, 7) is 2.23. The number of para-hydroxylation sites is 1. The third kappa shape index (κ3) is 4.00. The summed E-state index contributed by atoms with van der Waals surface area (Å²) < 4.78 is 0.972. The lowest BCUT2D eigenvalue weighted by molar-refractivity contribution is -0.122. The minimum atomic E-state index is -0.605. The number of benzene rings is 1. The molecule has 0 aromatic heterocycles. The monoisotopic (exact) mass is 352 g/mol. The van der Waals surface area contributed by atoms with Crippen LogP contribution in [-0.2, 0) is 4.79 Å². The van der Waals surface area contributed by atoms with E-state index in [9.17, 15) is 4.79 Å². The van der Waals surface area contributed by atoms with Crippen molar-refractivity contribution in [3.8, 4) is 0 Å². The third-order valence-corrected chi connectivity index (χ3v) is 5.30. The average Bonchev–Trinajstić information content (AvgIpc) is 2.66. The molecule has 1 amide bonds. The maximum Gasteiger partial charge on any atom is 0.243 e. The van der Waals surface area contributed by atoms with Crippen molar-refractivity contribution in [2.24, 2.45) is 11.7 Å². The maximum absolute atomic E-state index is 12.2. The fourth-order valence-corrected chi connectivity index (χ4v) is 3.75. The molecule has 0 radical (unpaired) electrons. The summed E-state index contributed by atoms with van der Waals surface area (Å²) in [5.74, 6) is 0.507. The summed E-state index contributed by atoms with van der Waals surface area (Å²) in [5, 5.41) is 3.44. The van der Waals surface area contributed by atoms with Gasteiger partial charge in [0.05, 0.1) is 0 Å². The Balaban J connectivity index is 2.17. The van der Waals surface area contributed by atoms with E-state index in [-0.39, 0.29) is 5.91 Å². The van der Waals surface area contributed by atoms with Crippen molar-refractivity contribution in [3.63, 3.8) is 0 Å². The Morgan fingerprint density at radius 1 is 1.38 bits per heavy atom. The van der Waals surface area contributed by atoms with Crippen LogP contribution < -0.4 is 11.1 Å². The van der Waals surface area contributed by atoms with E-state index in [1.165, 1.54) is 19.3 Å². The first kappa shape index (κ1) is 16.3. The highest BCUT2D eigenvalue weighted by Gasteiger charge is 2.38. The first-order valence-corrected chi connectivity index (χ1v) is 8.69. The quantitative estimate of drug-likeness (QED) is 0.768. The highest BCUT2D eigenvalue weighted by atomic mass is 79.9. The molecular weight excluding hydrogens is 328 g/mol.